The molecule has 0 fully saturated rings. The van der Waals surface area contributed by atoms with Crippen molar-refractivity contribution in [3.8, 4) is 22.4 Å². The van der Waals surface area contributed by atoms with E-state index in [-0.39, 0.29) is 0 Å². The van der Waals surface area contributed by atoms with Crippen LogP contribution >= 0.6 is 15.9 Å². The van der Waals surface area contributed by atoms with Crippen LogP contribution in [0.1, 0.15) is 11.1 Å². The topological polar surface area (TPSA) is 54.7 Å². The van der Waals surface area contributed by atoms with Gasteiger partial charge in [0.25, 0.3) is 0 Å². The fourth-order valence-electron chi connectivity index (χ4n) is 2.51. The summed E-state index contributed by atoms with van der Waals surface area (Å²) >= 11 is 3.53. The number of aromatic nitrogens is 2. The number of benzene rings is 2. The van der Waals surface area contributed by atoms with Crippen molar-refractivity contribution in [3.63, 3.8) is 0 Å². The maximum absolute atomic E-state index is 6.09. The molecule has 0 bridgehead atoms. The first kappa shape index (κ1) is 13.9. The molecule has 0 radical (unpaired) electrons. The van der Waals surface area contributed by atoms with E-state index in [0.717, 1.165) is 26.9 Å². The summed E-state index contributed by atoms with van der Waals surface area (Å²) < 4.78 is 1.03. The zero-order valence-electron chi connectivity index (χ0n) is 11.9. The third kappa shape index (κ3) is 2.59. The molecule has 21 heavy (non-hydrogen) atoms. The van der Waals surface area contributed by atoms with Crippen molar-refractivity contribution in [3.05, 3.63) is 58.1 Å². The van der Waals surface area contributed by atoms with Crippen LogP contribution in [-0.2, 0) is 0 Å². The normalized spacial score (nSPS) is 10.8. The average molecular weight is 342 g/mol. The van der Waals surface area contributed by atoms with E-state index in [2.05, 4.69) is 70.3 Å². The highest BCUT2D eigenvalue weighted by Gasteiger charge is 2.16. The first-order valence-electron chi connectivity index (χ1n) is 6.73. The van der Waals surface area contributed by atoms with Gasteiger partial charge < -0.3 is 5.73 Å². The Balaban J connectivity index is 2.24. The number of nitrogens with one attached hydrogen (secondary N) is 1. The van der Waals surface area contributed by atoms with E-state index in [1.165, 1.54) is 11.1 Å². The second-order valence-corrected chi connectivity index (χ2v) is 6.10. The van der Waals surface area contributed by atoms with Gasteiger partial charge in [-0.15, -0.1) is 0 Å². The van der Waals surface area contributed by atoms with Crippen LogP contribution in [0.15, 0.2) is 46.9 Å². The zero-order valence-corrected chi connectivity index (χ0v) is 13.5. The fourth-order valence-corrected chi connectivity index (χ4v) is 2.87. The Labute approximate surface area is 132 Å². The number of aromatic amines is 1. The van der Waals surface area contributed by atoms with Crippen LogP contribution in [0.5, 0.6) is 0 Å². The van der Waals surface area contributed by atoms with Gasteiger partial charge in [0.15, 0.2) is 5.82 Å². The van der Waals surface area contributed by atoms with E-state index in [1.54, 1.807) is 0 Å². The molecule has 1 aromatic heterocycles. The molecule has 0 aliphatic heterocycles. The van der Waals surface area contributed by atoms with Gasteiger partial charge in [-0.3, -0.25) is 5.10 Å². The number of aryl methyl sites for hydroxylation is 2. The Kier molecular flexibility index (Phi) is 3.55. The van der Waals surface area contributed by atoms with E-state index in [4.69, 9.17) is 5.73 Å². The fraction of sp³-hybridized carbons (Fsp3) is 0.118. The molecule has 3 N–H and O–H groups in total. The third-order valence-corrected chi connectivity index (χ3v) is 4.06. The second kappa shape index (κ2) is 5.37. The number of hydrogen-bond acceptors (Lipinski definition) is 2. The van der Waals surface area contributed by atoms with Gasteiger partial charge in [0.2, 0.25) is 0 Å². The van der Waals surface area contributed by atoms with Gasteiger partial charge >= 0.3 is 0 Å². The number of nitrogen functional groups attached to an aromatic ring is 1. The molecule has 2 aromatic carbocycles. The lowest BCUT2D eigenvalue weighted by molar-refractivity contribution is 1.10. The molecular weight excluding hydrogens is 326 g/mol. The van der Waals surface area contributed by atoms with E-state index >= 15 is 0 Å². The molecule has 3 rings (SSSR count). The third-order valence-electron chi connectivity index (χ3n) is 3.57. The SMILES string of the molecule is Cc1cccc(-c2c(N)n[nH]c2-c2cc(Br)ccc2C)c1. The smallest absolute Gasteiger partial charge is 0.153 e. The van der Waals surface area contributed by atoms with Crippen LogP contribution in [0.3, 0.4) is 0 Å². The number of hydrogen-bond donors (Lipinski definition) is 2. The molecule has 0 saturated heterocycles. The van der Waals surface area contributed by atoms with Gasteiger partial charge in [0.1, 0.15) is 0 Å². The van der Waals surface area contributed by atoms with Crippen LogP contribution < -0.4 is 5.73 Å². The average Bonchev–Trinajstić information content (AvgIpc) is 2.83. The van der Waals surface area contributed by atoms with Crippen LogP contribution in [0.2, 0.25) is 0 Å². The first-order chi connectivity index (χ1) is 10.1. The van der Waals surface area contributed by atoms with E-state index in [9.17, 15) is 0 Å². The molecule has 0 amide bonds. The summed E-state index contributed by atoms with van der Waals surface area (Å²) in [5, 5.41) is 7.29. The predicted molar refractivity (Wildman–Crippen MR) is 91.0 cm³/mol. The number of halogens is 1. The number of nitrogens with zero attached hydrogens (tertiary/aromatic N) is 1. The largest absolute Gasteiger partial charge is 0.382 e. The Bertz CT molecular complexity index is 806. The maximum Gasteiger partial charge on any atom is 0.153 e. The van der Waals surface area contributed by atoms with Crippen LogP contribution in [-0.4, -0.2) is 10.2 Å². The molecule has 0 atom stereocenters. The molecular formula is C17H16BrN3. The Morgan fingerprint density at radius 3 is 2.67 bits per heavy atom. The highest BCUT2D eigenvalue weighted by atomic mass is 79.9. The second-order valence-electron chi connectivity index (χ2n) is 5.19. The number of H-pyrrole nitrogens is 1. The van der Waals surface area contributed by atoms with Gasteiger partial charge in [-0.25, -0.2) is 0 Å². The zero-order chi connectivity index (χ0) is 15.0. The molecule has 0 aliphatic rings. The summed E-state index contributed by atoms with van der Waals surface area (Å²) in [6, 6.07) is 14.5. The van der Waals surface area contributed by atoms with Gasteiger partial charge in [0, 0.05) is 10.0 Å². The van der Waals surface area contributed by atoms with Crippen LogP contribution in [0.4, 0.5) is 5.82 Å². The lowest BCUT2D eigenvalue weighted by atomic mass is 9.97. The van der Waals surface area contributed by atoms with E-state index in [1.807, 2.05) is 12.1 Å². The number of nitrogens with two attached hydrogens (primary N) is 1. The van der Waals surface area contributed by atoms with Crippen molar-refractivity contribution in [1.82, 2.24) is 10.2 Å². The van der Waals surface area contributed by atoms with E-state index < -0.39 is 0 Å². The minimum absolute atomic E-state index is 0.523. The molecule has 0 unspecified atom stereocenters. The van der Waals surface area contributed by atoms with Crippen molar-refractivity contribution >= 4 is 21.7 Å². The maximum atomic E-state index is 6.09. The summed E-state index contributed by atoms with van der Waals surface area (Å²) in [5.41, 5.74) is 12.6. The lowest BCUT2D eigenvalue weighted by Gasteiger charge is -2.09. The Hall–Kier alpha value is -2.07. The monoisotopic (exact) mass is 341 g/mol. The van der Waals surface area contributed by atoms with Crippen LogP contribution in [0.25, 0.3) is 22.4 Å². The van der Waals surface area contributed by atoms with Crippen LogP contribution in [0, 0.1) is 13.8 Å². The Morgan fingerprint density at radius 2 is 1.90 bits per heavy atom. The summed E-state index contributed by atoms with van der Waals surface area (Å²) in [7, 11) is 0. The van der Waals surface area contributed by atoms with Crippen molar-refractivity contribution in [2.24, 2.45) is 0 Å². The van der Waals surface area contributed by atoms with Crippen molar-refractivity contribution in [2.75, 3.05) is 5.73 Å². The Morgan fingerprint density at radius 1 is 1.10 bits per heavy atom. The highest BCUT2D eigenvalue weighted by molar-refractivity contribution is 9.10. The molecule has 3 aromatic rings. The van der Waals surface area contributed by atoms with Gasteiger partial charge in [-0.05, 0) is 37.1 Å². The minimum atomic E-state index is 0.523. The summed E-state index contributed by atoms with van der Waals surface area (Å²) in [5.74, 6) is 0.523. The molecule has 1 heterocycles. The molecule has 4 heteroatoms. The van der Waals surface area contributed by atoms with Gasteiger partial charge in [0.05, 0.1) is 11.3 Å². The minimum Gasteiger partial charge on any atom is -0.382 e. The number of anilines is 1. The van der Waals surface area contributed by atoms with Crippen molar-refractivity contribution in [2.45, 2.75) is 13.8 Å². The first-order valence-corrected chi connectivity index (χ1v) is 7.53. The van der Waals surface area contributed by atoms with Gasteiger partial charge in [-0.1, -0.05) is 51.8 Å². The molecule has 0 aliphatic carbocycles. The summed E-state index contributed by atoms with van der Waals surface area (Å²) in [4.78, 5) is 0. The molecule has 106 valence electrons. The van der Waals surface area contributed by atoms with Gasteiger partial charge in [-0.2, -0.15) is 5.10 Å². The highest BCUT2D eigenvalue weighted by Crippen LogP contribution is 2.37. The number of rotatable bonds is 2. The molecule has 0 saturated carbocycles. The lowest BCUT2D eigenvalue weighted by Crippen LogP contribution is -1.90. The van der Waals surface area contributed by atoms with Crippen molar-refractivity contribution < 1.29 is 0 Å². The predicted octanol–water partition coefficient (Wildman–Crippen LogP) is 4.71. The molecule has 3 nitrogen and oxygen atoms in total. The summed E-state index contributed by atoms with van der Waals surface area (Å²) in [6.45, 7) is 4.16. The summed E-state index contributed by atoms with van der Waals surface area (Å²) in [6.07, 6.45) is 0. The quantitative estimate of drug-likeness (QED) is 0.709. The van der Waals surface area contributed by atoms with E-state index in [0.29, 0.717) is 5.82 Å². The molecule has 0 spiro atoms. The van der Waals surface area contributed by atoms with Crippen molar-refractivity contribution in [1.29, 1.82) is 0 Å². The standard InChI is InChI=1S/C17H16BrN3/c1-10-4-3-5-12(8-10)15-16(20-21-17(15)19)14-9-13(18)7-6-11(14)2/h3-9H,1-2H3,(H3,19,20,21).